The second-order valence-electron chi connectivity index (χ2n) is 9.82. The van der Waals surface area contributed by atoms with E-state index >= 15 is 0 Å². The summed E-state index contributed by atoms with van der Waals surface area (Å²) in [5.74, 6) is -0.482. The molecule has 8 nitrogen and oxygen atoms in total. The molecule has 0 radical (unpaired) electrons. The van der Waals surface area contributed by atoms with Crippen molar-refractivity contribution >= 4 is 34.2 Å². The Kier molecular flexibility index (Phi) is 11.9. The van der Waals surface area contributed by atoms with Crippen molar-refractivity contribution in [3.05, 3.63) is 46.3 Å². The number of nitrogens with zero attached hydrogens (tertiary/aromatic N) is 1. The summed E-state index contributed by atoms with van der Waals surface area (Å²) in [7, 11) is 0. The van der Waals surface area contributed by atoms with Crippen molar-refractivity contribution < 1.29 is 24.0 Å². The molecule has 0 saturated carbocycles. The van der Waals surface area contributed by atoms with Crippen LogP contribution in [0.4, 0.5) is 9.80 Å². The van der Waals surface area contributed by atoms with Gasteiger partial charge in [-0.25, -0.2) is 9.59 Å². The first-order valence-corrected chi connectivity index (χ1v) is 13.9. The number of hydrogen-bond donors (Lipinski definition) is 2. The van der Waals surface area contributed by atoms with E-state index in [1.165, 1.54) is 24.3 Å². The summed E-state index contributed by atoms with van der Waals surface area (Å²) in [6, 6.07) is 8.57. The highest BCUT2D eigenvalue weighted by Crippen LogP contribution is 2.35. The zero-order valence-electron chi connectivity index (χ0n) is 22.9. The summed E-state index contributed by atoms with van der Waals surface area (Å²) >= 11 is 1.04. The highest BCUT2D eigenvalue weighted by Gasteiger charge is 2.31. The predicted molar refractivity (Wildman–Crippen MR) is 148 cm³/mol. The number of thiophene rings is 1. The summed E-state index contributed by atoms with van der Waals surface area (Å²) in [5.41, 5.74) is -0.127. The molecule has 0 aliphatic heterocycles. The maximum Gasteiger partial charge on any atom is 0.341 e. The van der Waals surface area contributed by atoms with Crippen molar-refractivity contribution in [1.29, 1.82) is 0 Å². The Morgan fingerprint density at radius 2 is 1.62 bits per heavy atom. The fourth-order valence-electron chi connectivity index (χ4n) is 3.61. The van der Waals surface area contributed by atoms with Crippen molar-refractivity contribution in [2.45, 2.75) is 85.7 Å². The number of rotatable bonds is 13. The lowest BCUT2D eigenvalue weighted by Crippen LogP contribution is -2.34. The number of anilines is 1. The molecule has 0 unspecified atom stereocenters. The zero-order chi connectivity index (χ0) is 27.4. The van der Waals surface area contributed by atoms with Gasteiger partial charge in [-0.15, -0.1) is 11.3 Å². The third-order valence-corrected chi connectivity index (χ3v) is 6.65. The van der Waals surface area contributed by atoms with Gasteiger partial charge in [0.15, 0.2) is 5.75 Å². The predicted octanol–water partition coefficient (Wildman–Crippen LogP) is 6.95. The SMILES string of the molecule is CCCCCCCCNC(=O)Nc1sc(C(=O)N(CC)Oc2ccccc2)c(C)c1C(=O)OC(C)(C)C. The number of urea groups is 1. The van der Waals surface area contributed by atoms with Gasteiger partial charge in [-0.2, -0.15) is 5.06 Å². The number of esters is 1. The first-order valence-electron chi connectivity index (χ1n) is 13.0. The normalized spacial score (nSPS) is 11.1. The quantitative estimate of drug-likeness (QED) is 0.166. The van der Waals surface area contributed by atoms with Gasteiger partial charge in [0.05, 0.1) is 12.1 Å². The number of amides is 3. The Morgan fingerprint density at radius 3 is 2.24 bits per heavy atom. The van der Waals surface area contributed by atoms with Gasteiger partial charge in [-0.05, 0) is 58.7 Å². The monoisotopic (exact) mass is 531 g/mol. The Bertz CT molecular complexity index is 1030. The summed E-state index contributed by atoms with van der Waals surface area (Å²) in [5, 5.41) is 7.11. The molecule has 1 heterocycles. The van der Waals surface area contributed by atoms with E-state index in [1.807, 2.05) is 18.2 Å². The molecule has 2 N–H and O–H groups in total. The fourth-order valence-corrected chi connectivity index (χ4v) is 4.74. The highest BCUT2D eigenvalue weighted by atomic mass is 32.1. The van der Waals surface area contributed by atoms with Crippen LogP contribution in [0.1, 0.15) is 98.7 Å². The lowest BCUT2D eigenvalue weighted by molar-refractivity contribution is -0.0290. The summed E-state index contributed by atoms with van der Waals surface area (Å²) in [4.78, 5) is 45.2. The molecule has 0 bridgehead atoms. The van der Waals surface area contributed by atoms with Gasteiger partial charge >= 0.3 is 12.0 Å². The molecular formula is C28H41N3O5S. The number of ether oxygens (including phenoxy) is 1. The van der Waals surface area contributed by atoms with Crippen molar-refractivity contribution in [3.8, 4) is 5.75 Å². The van der Waals surface area contributed by atoms with Gasteiger partial charge in [0, 0.05) is 6.54 Å². The van der Waals surface area contributed by atoms with E-state index in [0.29, 0.717) is 22.7 Å². The second-order valence-corrected chi connectivity index (χ2v) is 10.8. The molecule has 0 saturated heterocycles. The molecule has 0 atom stereocenters. The van der Waals surface area contributed by atoms with Crippen molar-refractivity contribution in [2.75, 3.05) is 18.4 Å². The molecule has 2 rings (SSSR count). The van der Waals surface area contributed by atoms with Crippen molar-refractivity contribution in [1.82, 2.24) is 10.4 Å². The van der Waals surface area contributed by atoms with Gasteiger partial charge in [-0.3, -0.25) is 10.1 Å². The third kappa shape index (κ3) is 9.72. The van der Waals surface area contributed by atoms with Crippen LogP contribution < -0.4 is 15.5 Å². The van der Waals surface area contributed by atoms with E-state index < -0.39 is 23.5 Å². The lowest BCUT2D eigenvalue weighted by atomic mass is 10.1. The molecule has 0 fully saturated rings. The Hall–Kier alpha value is -3.07. The lowest BCUT2D eigenvalue weighted by Gasteiger charge is -2.21. The number of benzene rings is 1. The van der Waals surface area contributed by atoms with Crippen LogP contribution in [0.3, 0.4) is 0 Å². The Labute approximate surface area is 224 Å². The van der Waals surface area contributed by atoms with E-state index in [0.717, 1.165) is 30.6 Å². The summed E-state index contributed by atoms with van der Waals surface area (Å²) in [6.45, 7) is 11.8. The van der Waals surface area contributed by atoms with Crippen LogP contribution in [0.25, 0.3) is 0 Å². The second kappa shape index (κ2) is 14.6. The minimum Gasteiger partial charge on any atom is -0.456 e. The first kappa shape index (κ1) is 30.2. The number of para-hydroxylation sites is 1. The number of carbonyl (C=O) groups excluding carboxylic acids is 3. The van der Waals surface area contributed by atoms with Crippen LogP contribution in [0, 0.1) is 6.92 Å². The molecule has 2 aromatic rings. The summed E-state index contributed by atoms with van der Waals surface area (Å²) < 4.78 is 5.59. The van der Waals surface area contributed by atoms with Crippen LogP contribution >= 0.6 is 11.3 Å². The van der Waals surface area contributed by atoms with Crippen molar-refractivity contribution in [3.63, 3.8) is 0 Å². The topological polar surface area (TPSA) is 97.0 Å². The number of hydrogen-bond acceptors (Lipinski definition) is 6. The van der Waals surface area contributed by atoms with Crippen LogP contribution in [-0.4, -0.2) is 41.7 Å². The standard InChI is InChI=1S/C28H41N3O5S/c1-7-9-10-11-12-16-19-29-27(34)30-24-22(26(33)35-28(4,5)6)20(3)23(37-24)25(32)31(8-2)36-21-17-14-13-15-18-21/h13-15,17-18H,7-12,16,19H2,1-6H3,(H2,29,30,34). The molecule has 204 valence electrons. The molecular weight excluding hydrogens is 490 g/mol. The zero-order valence-corrected chi connectivity index (χ0v) is 23.8. The molecule has 3 amide bonds. The maximum absolute atomic E-state index is 13.4. The van der Waals surface area contributed by atoms with Crippen LogP contribution in [0.15, 0.2) is 30.3 Å². The van der Waals surface area contributed by atoms with Crippen LogP contribution in [0.5, 0.6) is 5.75 Å². The average molecular weight is 532 g/mol. The molecule has 1 aromatic carbocycles. The minimum absolute atomic E-state index is 0.175. The van der Waals surface area contributed by atoms with Crippen molar-refractivity contribution in [2.24, 2.45) is 0 Å². The van der Waals surface area contributed by atoms with Gasteiger partial charge < -0.3 is 14.9 Å². The number of carbonyl (C=O) groups is 3. The molecule has 0 spiro atoms. The third-order valence-electron chi connectivity index (χ3n) is 5.46. The minimum atomic E-state index is -0.737. The van der Waals surface area contributed by atoms with Gasteiger partial charge in [0.2, 0.25) is 0 Å². The molecule has 9 heteroatoms. The smallest absolute Gasteiger partial charge is 0.341 e. The van der Waals surface area contributed by atoms with Gasteiger partial charge in [0.25, 0.3) is 5.91 Å². The molecule has 37 heavy (non-hydrogen) atoms. The highest BCUT2D eigenvalue weighted by molar-refractivity contribution is 7.18. The Balaban J connectivity index is 2.20. The van der Waals surface area contributed by atoms with Crippen LogP contribution in [0.2, 0.25) is 0 Å². The van der Waals surface area contributed by atoms with E-state index in [4.69, 9.17) is 9.57 Å². The average Bonchev–Trinajstić information content (AvgIpc) is 3.16. The number of nitrogens with one attached hydrogen (secondary N) is 2. The van der Waals surface area contributed by atoms with E-state index in [9.17, 15) is 14.4 Å². The van der Waals surface area contributed by atoms with Crippen LogP contribution in [-0.2, 0) is 4.74 Å². The number of hydroxylamine groups is 2. The largest absolute Gasteiger partial charge is 0.456 e. The summed E-state index contributed by atoms with van der Waals surface area (Å²) in [6.07, 6.45) is 6.70. The van der Waals surface area contributed by atoms with E-state index in [-0.39, 0.29) is 17.1 Å². The maximum atomic E-state index is 13.4. The van der Waals surface area contributed by atoms with Gasteiger partial charge in [0.1, 0.15) is 15.5 Å². The number of unbranched alkanes of at least 4 members (excludes halogenated alkanes) is 5. The fraction of sp³-hybridized carbons (Fsp3) is 0.536. The van der Waals surface area contributed by atoms with E-state index in [2.05, 4.69) is 17.6 Å². The molecule has 0 aliphatic rings. The molecule has 0 aliphatic carbocycles. The molecule has 1 aromatic heterocycles. The van der Waals surface area contributed by atoms with E-state index in [1.54, 1.807) is 46.8 Å². The Morgan fingerprint density at radius 1 is 0.973 bits per heavy atom. The van der Waals surface area contributed by atoms with Gasteiger partial charge in [-0.1, -0.05) is 57.2 Å². The first-order chi connectivity index (χ1) is 17.6.